The summed E-state index contributed by atoms with van der Waals surface area (Å²) in [6.07, 6.45) is 3.94. The largest absolute Gasteiger partial charge is 0.198 e. The van der Waals surface area contributed by atoms with E-state index in [-0.39, 0.29) is 0 Å². The van der Waals surface area contributed by atoms with Gasteiger partial charge in [-0.15, -0.1) is 0 Å². The van der Waals surface area contributed by atoms with Crippen molar-refractivity contribution < 1.29 is 0 Å². The third-order valence-electron chi connectivity index (χ3n) is 1.84. The molecule has 0 aromatic heterocycles. The summed E-state index contributed by atoms with van der Waals surface area (Å²) >= 11 is 0. The van der Waals surface area contributed by atoms with Crippen molar-refractivity contribution in [3.05, 3.63) is 41.0 Å². The molecular formula is C12H10N2. The van der Waals surface area contributed by atoms with E-state index in [1.54, 1.807) is 12.2 Å². The lowest BCUT2D eigenvalue weighted by Crippen LogP contribution is -1.83. The molecule has 0 spiro atoms. The van der Waals surface area contributed by atoms with Crippen LogP contribution in [0.25, 0.3) is 6.08 Å². The number of allylic oxidation sites excluding steroid dienone is 1. The van der Waals surface area contributed by atoms with Gasteiger partial charge >= 0.3 is 0 Å². The van der Waals surface area contributed by atoms with E-state index in [1.807, 2.05) is 31.2 Å². The lowest BCUT2D eigenvalue weighted by atomic mass is 10.0. The van der Waals surface area contributed by atoms with Gasteiger partial charge in [0.25, 0.3) is 0 Å². The van der Waals surface area contributed by atoms with Gasteiger partial charge in [-0.25, -0.2) is 0 Å². The topological polar surface area (TPSA) is 47.6 Å². The number of rotatable bonds is 2. The molecule has 2 heteroatoms. The maximum absolute atomic E-state index is 8.85. The molecule has 1 rings (SSSR count). The van der Waals surface area contributed by atoms with Crippen LogP contribution in [0.15, 0.2) is 24.3 Å². The van der Waals surface area contributed by atoms with E-state index < -0.39 is 0 Å². The van der Waals surface area contributed by atoms with Crippen LogP contribution in [-0.4, -0.2) is 0 Å². The van der Waals surface area contributed by atoms with Gasteiger partial charge in [-0.1, -0.05) is 24.3 Å². The number of hydrogen-bond acceptors (Lipinski definition) is 2. The zero-order valence-corrected chi connectivity index (χ0v) is 7.99. The van der Waals surface area contributed by atoms with Crippen molar-refractivity contribution in [3.63, 3.8) is 0 Å². The Morgan fingerprint density at radius 2 is 2.14 bits per heavy atom. The third-order valence-corrected chi connectivity index (χ3v) is 1.84. The normalized spacial score (nSPS) is 9.64. The molecule has 1 aromatic rings. The van der Waals surface area contributed by atoms with Crippen LogP contribution in [0.5, 0.6) is 0 Å². The number of benzene rings is 1. The fourth-order valence-corrected chi connectivity index (χ4v) is 1.15. The second-order valence-electron chi connectivity index (χ2n) is 2.97. The SMILES string of the molecule is Cc1ccc(C=CCC#N)c(C#N)c1. The van der Waals surface area contributed by atoms with Crippen molar-refractivity contribution in [3.8, 4) is 12.1 Å². The van der Waals surface area contributed by atoms with E-state index in [1.165, 1.54) is 0 Å². The molecule has 68 valence electrons. The Morgan fingerprint density at radius 1 is 1.36 bits per heavy atom. The summed E-state index contributed by atoms with van der Waals surface area (Å²) in [5, 5.41) is 17.2. The third kappa shape index (κ3) is 2.47. The summed E-state index contributed by atoms with van der Waals surface area (Å²) in [7, 11) is 0. The molecule has 0 amide bonds. The maximum atomic E-state index is 8.85. The predicted octanol–water partition coefficient (Wildman–Crippen LogP) is 2.79. The van der Waals surface area contributed by atoms with Crippen molar-refractivity contribution >= 4 is 6.08 Å². The molecule has 0 aliphatic carbocycles. The minimum atomic E-state index is 0.374. The van der Waals surface area contributed by atoms with Crippen LogP contribution in [0, 0.1) is 29.6 Å². The first-order chi connectivity index (χ1) is 6.77. The molecule has 0 fully saturated rings. The molecule has 0 aliphatic rings. The fraction of sp³-hybridized carbons (Fsp3) is 0.167. The second-order valence-corrected chi connectivity index (χ2v) is 2.97. The molecule has 0 N–H and O–H groups in total. The van der Waals surface area contributed by atoms with E-state index in [9.17, 15) is 0 Å². The van der Waals surface area contributed by atoms with Crippen LogP contribution in [0.4, 0.5) is 0 Å². The quantitative estimate of drug-likeness (QED) is 0.706. The van der Waals surface area contributed by atoms with Gasteiger partial charge in [-0.3, -0.25) is 0 Å². The summed E-state index contributed by atoms with van der Waals surface area (Å²) in [6, 6.07) is 9.83. The van der Waals surface area contributed by atoms with Crippen molar-refractivity contribution in [1.29, 1.82) is 10.5 Å². The molecule has 0 unspecified atom stereocenters. The Kier molecular flexibility index (Phi) is 3.47. The van der Waals surface area contributed by atoms with E-state index in [4.69, 9.17) is 10.5 Å². The second kappa shape index (κ2) is 4.84. The first-order valence-electron chi connectivity index (χ1n) is 4.32. The molecule has 0 atom stereocenters. The van der Waals surface area contributed by atoms with Gasteiger partial charge in [0.15, 0.2) is 0 Å². The molecular weight excluding hydrogens is 172 g/mol. The van der Waals surface area contributed by atoms with Crippen molar-refractivity contribution in [2.24, 2.45) is 0 Å². The number of nitrogens with zero attached hydrogens (tertiary/aromatic N) is 2. The van der Waals surface area contributed by atoms with Crippen LogP contribution in [-0.2, 0) is 0 Å². The number of aryl methyl sites for hydroxylation is 1. The van der Waals surface area contributed by atoms with Gasteiger partial charge in [-0.2, -0.15) is 10.5 Å². The van der Waals surface area contributed by atoms with Gasteiger partial charge in [-0.05, 0) is 24.1 Å². The molecule has 0 saturated carbocycles. The van der Waals surface area contributed by atoms with Gasteiger partial charge in [0.05, 0.1) is 24.1 Å². The van der Waals surface area contributed by atoms with Crippen molar-refractivity contribution in [2.75, 3.05) is 0 Å². The molecule has 0 bridgehead atoms. The molecule has 1 aromatic carbocycles. The van der Waals surface area contributed by atoms with Crippen molar-refractivity contribution in [1.82, 2.24) is 0 Å². The lowest BCUT2D eigenvalue weighted by molar-refractivity contribution is 1.36. The highest BCUT2D eigenvalue weighted by atomic mass is 14.2. The van der Waals surface area contributed by atoms with E-state index in [0.717, 1.165) is 11.1 Å². The highest BCUT2D eigenvalue weighted by Crippen LogP contribution is 2.12. The van der Waals surface area contributed by atoms with Gasteiger partial charge in [0, 0.05) is 0 Å². The van der Waals surface area contributed by atoms with Crippen molar-refractivity contribution in [2.45, 2.75) is 13.3 Å². The van der Waals surface area contributed by atoms with Crippen LogP contribution >= 0.6 is 0 Å². The minimum absolute atomic E-state index is 0.374. The monoisotopic (exact) mass is 182 g/mol. The molecule has 0 heterocycles. The summed E-state index contributed by atoms with van der Waals surface area (Å²) in [4.78, 5) is 0. The fourth-order valence-electron chi connectivity index (χ4n) is 1.15. The Morgan fingerprint density at radius 3 is 2.79 bits per heavy atom. The summed E-state index contributed by atoms with van der Waals surface area (Å²) in [5.74, 6) is 0. The Balaban J connectivity index is 2.99. The zero-order chi connectivity index (χ0) is 10.4. The van der Waals surface area contributed by atoms with E-state index in [2.05, 4.69) is 6.07 Å². The molecule has 14 heavy (non-hydrogen) atoms. The first kappa shape index (κ1) is 10.0. The van der Waals surface area contributed by atoms with E-state index in [0.29, 0.717) is 12.0 Å². The predicted molar refractivity (Wildman–Crippen MR) is 55.2 cm³/mol. The van der Waals surface area contributed by atoms with E-state index >= 15 is 0 Å². The van der Waals surface area contributed by atoms with Gasteiger partial charge in [0.2, 0.25) is 0 Å². The molecule has 2 nitrogen and oxygen atoms in total. The summed E-state index contributed by atoms with van der Waals surface area (Å²) in [6.45, 7) is 1.95. The first-order valence-corrected chi connectivity index (χ1v) is 4.32. The number of nitriles is 2. The average Bonchev–Trinajstić information content (AvgIpc) is 2.20. The summed E-state index contributed by atoms with van der Waals surface area (Å²) < 4.78 is 0. The standard InChI is InChI=1S/C12H10N2/c1-10-5-6-11(4-2-3-7-13)12(8-10)9-14/h2,4-6,8H,3H2,1H3. The average molecular weight is 182 g/mol. The Bertz CT molecular complexity index is 431. The van der Waals surface area contributed by atoms with Gasteiger partial charge < -0.3 is 0 Å². The summed E-state index contributed by atoms with van der Waals surface area (Å²) in [5.41, 5.74) is 2.59. The molecule has 0 saturated heterocycles. The molecule has 0 aliphatic heterocycles. The highest BCUT2D eigenvalue weighted by molar-refractivity contribution is 5.58. The smallest absolute Gasteiger partial charge is 0.0998 e. The Hall–Kier alpha value is -2.06. The van der Waals surface area contributed by atoms with Gasteiger partial charge in [0.1, 0.15) is 0 Å². The molecule has 0 radical (unpaired) electrons. The maximum Gasteiger partial charge on any atom is 0.0998 e. The lowest BCUT2D eigenvalue weighted by Gasteiger charge is -1.98. The zero-order valence-electron chi connectivity index (χ0n) is 7.99. The highest BCUT2D eigenvalue weighted by Gasteiger charge is 1.97. The van der Waals surface area contributed by atoms with Crippen LogP contribution < -0.4 is 0 Å². The number of hydrogen-bond donors (Lipinski definition) is 0. The Labute approximate surface area is 83.7 Å². The van der Waals surface area contributed by atoms with Crippen LogP contribution in [0.2, 0.25) is 0 Å². The van der Waals surface area contributed by atoms with Crippen LogP contribution in [0.3, 0.4) is 0 Å². The minimum Gasteiger partial charge on any atom is -0.198 e. The van der Waals surface area contributed by atoms with Crippen LogP contribution in [0.1, 0.15) is 23.1 Å².